The van der Waals surface area contributed by atoms with Gasteiger partial charge < -0.3 is 24.2 Å². The average molecular weight is 397 g/mol. The maximum atomic E-state index is 12.8. The molecule has 1 saturated carbocycles. The number of ether oxygens (including phenoxy) is 3. The first-order chi connectivity index (χ1) is 14.0. The normalized spacial score (nSPS) is 19.3. The number of rotatable bonds is 7. The van der Waals surface area contributed by atoms with Crippen molar-refractivity contribution < 1.29 is 28.9 Å². The predicted octanol–water partition coefficient (Wildman–Crippen LogP) is 2.68. The minimum absolute atomic E-state index is 0.0132. The molecule has 7 nitrogen and oxygen atoms in total. The van der Waals surface area contributed by atoms with Crippen molar-refractivity contribution in [3.8, 4) is 17.2 Å². The molecule has 0 bridgehead atoms. The SMILES string of the molecule is CN(Cc1ccc(OCC(=O)O)cc1)C(=O)C1CC1c1ccc2c(c1)OCCO2. The minimum Gasteiger partial charge on any atom is -0.486 e. The molecule has 1 aliphatic carbocycles. The van der Waals surface area contributed by atoms with Gasteiger partial charge in [-0.05, 0) is 47.7 Å². The summed E-state index contributed by atoms with van der Waals surface area (Å²) < 4.78 is 16.3. The van der Waals surface area contributed by atoms with Crippen LogP contribution in [0.3, 0.4) is 0 Å². The average Bonchev–Trinajstić information content (AvgIpc) is 3.53. The van der Waals surface area contributed by atoms with Crippen molar-refractivity contribution >= 4 is 11.9 Å². The summed E-state index contributed by atoms with van der Waals surface area (Å²) in [5, 5.41) is 8.65. The number of carboxylic acids is 1. The first-order valence-electron chi connectivity index (χ1n) is 9.59. The molecule has 2 atom stereocenters. The van der Waals surface area contributed by atoms with E-state index in [-0.39, 0.29) is 24.3 Å². The van der Waals surface area contributed by atoms with Crippen LogP contribution >= 0.6 is 0 Å². The molecule has 2 aromatic carbocycles. The number of carboxylic acid groups (broad SMARTS) is 1. The molecule has 1 heterocycles. The monoisotopic (exact) mass is 397 g/mol. The van der Waals surface area contributed by atoms with Crippen molar-refractivity contribution in [2.24, 2.45) is 5.92 Å². The molecule has 152 valence electrons. The number of fused-ring (bicyclic) bond motifs is 1. The van der Waals surface area contributed by atoms with E-state index in [1.54, 1.807) is 24.1 Å². The van der Waals surface area contributed by atoms with Gasteiger partial charge in [-0.25, -0.2) is 4.79 Å². The standard InChI is InChI=1S/C22H23NO6/c1-23(12-14-2-5-16(6-3-14)29-13-21(24)25)22(26)18-11-17(18)15-4-7-19-20(10-15)28-9-8-27-19/h2-7,10,17-18H,8-9,11-13H2,1H3,(H,24,25). The maximum Gasteiger partial charge on any atom is 0.341 e. The second kappa shape index (κ2) is 8.03. The summed E-state index contributed by atoms with van der Waals surface area (Å²) in [5.74, 6) is 1.31. The Labute approximate surface area is 168 Å². The molecule has 29 heavy (non-hydrogen) atoms. The summed E-state index contributed by atoms with van der Waals surface area (Å²) in [6.07, 6.45) is 0.838. The summed E-state index contributed by atoms with van der Waals surface area (Å²) in [7, 11) is 1.80. The van der Waals surface area contributed by atoms with Gasteiger partial charge in [0.2, 0.25) is 5.91 Å². The van der Waals surface area contributed by atoms with Gasteiger partial charge in [0.05, 0.1) is 0 Å². The van der Waals surface area contributed by atoms with Crippen LogP contribution in [0, 0.1) is 5.92 Å². The van der Waals surface area contributed by atoms with Crippen LogP contribution in [0.4, 0.5) is 0 Å². The first-order valence-corrected chi connectivity index (χ1v) is 9.59. The highest BCUT2D eigenvalue weighted by atomic mass is 16.6. The second-order valence-electron chi connectivity index (χ2n) is 7.37. The molecule has 4 rings (SSSR count). The van der Waals surface area contributed by atoms with Gasteiger partial charge >= 0.3 is 5.97 Å². The lowest BCUT2D eigenvalue weighted by atomic mass is 10.1. The Morgan fingerprint density at radius 2 is 1.83 bits per heavy atom. The molecule has 1 fully saturated rings. The van der Waals surface area contributed by atoms with Gasteiger partial charge in [0.25, 0.3) is 0 Å². The van der Waals surface area contributed by atoms with Crippen LogP contribution in [0.15, 0.2) is 42.5 Å². The number of hydrogen-bond acceptors (Lipinski definition) is 5. The van der Waals surface area contributed by atoms with Crippen LogP contribution < -0.4 is 14.2 Å². The van der Waals surface area contributed by atoms with E-state index in [9.17, 15) is 9.59 Å². The van der Waals surface area contributed by atoms with Gasteiger partial charge in [0.1, 0.15) is 19.0 Å². The van der Waals surface area contributed by atoms with Crippen LogP contribution in [-0.4, -0.2) is 48.8 Å². The topological polar surface area (TPSA) is 85.3 Å². The van der Waals surface area contributed by atoms with Crippen LogP contribution in [-0.2, 0) is 16.1 Å². The van der Waals surface area contributed by atoms with Gasteiger partial charge in [0.15, 0.2) is 18.1 Å². The molecule has 2 aromatic rings. The van der Waals surface area contributed by atoms with Crippen molar-refractivity contribution in [3.05, 3.63) is 53.6 Å². The largest absolute Gasteiger partial charge is 0.486 e. The fraction of sp³-hybridized carbons (Fsp3) is 0.364. The van der Waals surface area contributed by atoms with Crippen molar-refractivity contribution in [1.82, 2.24) is 4.90 Å². The highest BCUT2D eigenvalue weighted by Crippen LogP contribution is 2.50. The molecule has 0 aromatic heterocycles. The van der Waals surface area contributed by atoms with Gasteiger partial charge in [-0.3, -0.25) is 4.79 Å². The zero-order valence-corrected chi connectivity index (χ0v) is 16.2. The molecule has 0 saturated heterocycles. The molecule has 0 radical (unpaired) electrons. The molecule has 1 aliphatic heterocycles. The number of amides is 1. The zero-order valence-electron chi connectivity index (χ0n) is 16.2. The van der Waals surface area contributed by atoms with Crippen LogP contribution in [0.2, 0.25) is 0 Å². The highest BCUT2D eigenvalue weighted by molar-refractivity contribution is 5.83. The first kappa shape index (κ1) is 19.1. The van der Waals surface area contributed by atoms with Crippen molar-refractivity contribution in [1.29, 1.82) is 0 Å². The lowest BCUT2D eigenvalue weighted by Gasteiger charge is -2.19. The van der Waals surface area contributed by atoms with Crippen molar-refractivity contribution in [2.75, 3.05) is 26.9 Å². The van der Waals surface area contributed by atoms with Gasteiger partial charge in [-0.15, -0.1) is 0 Å². The number of benzene rings is 2. The predicted molar refractivity (Wildman–Crippen MR) is 104 cm³/mol. The summed E-state index contributed by atoms with van der Waals surface area (Å²) in [5.41, 5.74) is 2.07. The molecule has 2 aliphatic rings. The molecule has 7 heteroatoms. The van der Waals surface area contributed by atoms with E-state index in [2.05, 4.69) is 0 Å². The van der Waals surface area contributed by atoms with Crippen LogP contribution in [0.25, 0.3) is 0 Å². The maximum absolute atomic E-state index is 12.8. The molecular formula is C22H23NO6. The number of carbonyl (C=O) groups is 2. The van der Waals surface area contributed by atoms with E-state index < -0.39 is 5.97 Å². The van der Waals surface area contributed by atoms with Crippen LogP contribution in [0.5, 0.6) is 17.2 Å². The summed E-state index contributed by atoms with van der Waals surface area (Å²) >= 11 is 0. The van der Waals surface area contributed by atoms with E-state index in [1.165, 1.54) is 0 Å². The summed E-state index contributed by atoms with van der Waals surface area (Å²) in [4.78, 5) is 25.1. The smallest absolute Gasteiger partial charge is 0.341 e. The number of aliphatic carboxylic acids is 1. The van der Waals surface area contributed by atoms with Gasteiger partial charge in [0, 0.05) is 19.5 Å². The van der Waals surface area contributed by atoms with Crippen LogP contribution in [0.1, 0.15) is 23.5 Å². The Balaban J connectivity index is 1.33. The molecule has 1 N–H and O–H groups in total. The van der Waals surface area contributed by atoms with Gasteiger partial charge in [-0.1, -0.05) is 18.2 Å². The number of nitrogens with zero attached hydrogens (tertiary/aromatic N) is 1. The Kier molecular flexibility index (Phi) is 5.29. The third-order valence-electron chi connectivity index (χ3n) is 5.18. The lowest BCUT2D eigenvalue weighted by Crippen LogP contribution is -2.28. The van der Waals surface area contributed by atoms with E-state index in [0.717, 1.165) is 29.0 Å². The number of carbonyl (C=O) groups excluding carboxylic acids is 1. The Morgan fingerprint density at radius 1 is 1.10 bits per heavy atom. The minimum atomic E-state index is -1.02. The summed E-state index contributed by atoms with van der Waals surface area (Å²) in [6.45, 7) is 1.23. The van der Waals surface area contributed by atoms with E-state index in [4.69, 9.17) is 19.3 Å². The molecule has 0 spiro atoms. The van der Waals surface area contributed by atoms with E-state index >= 15 is 0 Å². The fourth-order valence-electron chi connectivity index (χ4n) is 3.60. The third-order valence-corrected chi connectivity index (χ3v) is 5.18. The van der Waals surface area contributed by atoms with Gasteiger partial charge in [-0.2, -0.15) is 0 Å². The second-order valence-corrected chi connectivity index (χ2v) is 7.37. The molecule has 2 unspecified atom stereocenters. The third kappa shape index (κ3) is 4.45. The van der Waals surface area contributed by atoms with E-state index in [0.29, 0.717) is 25.5 Å². The zero-order chi connectivity index (χ0) is 20.4. The van der Waals surface area contributed by atoms with E-state index in [1.807, 2.05) is 30.3 Å². The highest BCUT2D eigenvalue weighted by Gasteiger charge is 2.45. The fourth-order valence-corrected chi connectivity index (χ4v) is 3.60. The Hall–Kier alpha value is -3.22. The quantitative estimate of drug-likeness (QED) is 0.773. The molecule has 1 amide bonds. The Bertz CT molecular complexity index is 910. The van der Waals surface area contributed by atoms with Crippen molar-refractivity contribution in [3.63, 3.8) is 0 Å². The number of hydrogen-bond donors (Lipinski definition) is 1. The van der Waals surface area contributed by atoms with Crippen molar-refractivity contribution in [2.45, 2.75) is 18.9 Å². The lowest BCUT2D eigenvalue weighted by molar-refractivity contribution is -0.139. The summed E-state index contributed by atoms with van der Waals surface area (Å²) in [6, 6.07) is 13.0. The molecular weight excluding hydrogens is 374 g/mol. The Morgan fingerprint density at radius 3 is 2.55 bits per heavy atom.